The van der Waals surface area contributed by atoms with Crippen LogP contribution in [0.4, 0.5) is 0 Å². The van der Waals surface area contributed by atoms with Gasteiger partial charge in [-0.05, 0) is 35.4 Å². The maximum absolute atomic E-state index is 10.1. The summed E-state index contributed by atoms with van der Waals surface area (Å²) in [7, 11) is 0. The van der Waals surface area contributed by atoms with Crippen LogP contribution < -0.4 is 4.74 Å². The summed E-state index contributed by atoms with van der Waals surface area (Å²) in [5, 5.41) is 58.2. The smallest absolute Gasteiger partial charge is 0.229 e. The maximum atomic E-state index is 10.1. The van der Waals surface area contributed by atoms with E-state index in [1.165, 1.54) is 12.1 Å². The molecule has 30 heavy (non-hydrogen) atoms. The number of aliphatic hydroxyl groups excluding tert-OH is 4. The van der Waals surface area contributed by atoms with Crippen molar-refractivity contribution in [1.29, 1.82) is 0 Å². The number of phenolic OH excluding ortho intramolecular Hbond substituents is 2. The first kappa shape index (κ1) is 25.3. The van der Waals surface area contributed by atoms with E-state index in [0.717, 1.165) is 5.56 Å². The van der Waals surface area contributed by atoms with Crippen molar-refractivity contribution in [3.05, 3.63) is 53.6 Å². The number of benzene rings is 2. The molecule has 0 aromatic heterocycles. The van der Waals surface area contributed by atoms with Crippen LogP contribution in [-0.2, 0) is 4.74 Å². The Morgan fingerprint density at radius 1 is 0.800 bits per heavy atom. The van der Waals surface area contributed by atoms with Crippen LogP contribution in [0.15, 0.2) is 42.5 Å². The van der Waals surface area contributed by atoms with Gasteiger partial charge in [0, 0.05) is 6.07 Å². The standard InChI is InChI=1S/C20H22O8.2H2O/c21-10-16-17(24)18(25)19(26)20(28-16)27-15-8-12(7-14(23)9-15)2-1-11-3-5-13(22)6-4-11;;/h1-9,16-26H,10H2;2*1H2/b2-1+;;/t16-,17-,18+,19-,20-;;/m1../s1. The van der Waals surface area contributed by atoms with Crippen LogP contribution in [0.25, 0.3) is 12.2 Å². The fourth-order valence-electron chi connectivity index (χ4n) is 2.85. The minimum Gasteiger partial charge on any atom is -0.508 e. The molecule has 1 fully saturated rings. The predicted octanol–water partition coefficient (Wildman–Crippen LogP) is -1.20. The fourth-order valence-corrected chi connectivity index (χ4v) is 2.85. The molecule has 10 heteroatoms. The zero-order valence-corrected chi connectivity index (χ0v) is 15.8. The predicted molar refractivity (Wildman–Crippen MR) is 107 cm³/mol. The molecule has 0 radical (unpaired) electrons. The number of rotatable bonds is 5. The van der Waals surface area contributed by atoms with Crippen LogP contribution in [0, 0.1) is 0 Å². The zero-order valence-electron chi connectivity index (χ0n) is 15.8. The van der Waals surface area contributed by atoms with E-state index >= 15 is 0 Å². The summed E-state index contributed by atoms with van der Waals surface area (Å²) in [6, 6.07) is 10.9. The van der Waals surface area contributed by atoms with Crippen molar-refractivity contribution >= 4 is 12.2 Å². The Bertz CT molecular complexity index is 821. The highest BCUT2D eigenvalue weighted by Crippen LogP contribution is 2.28. The van der Waals surface area contributed by atoms with Gasteiger partial charge >= 0.3 is 0 Å². The summed E-state index contributed by atoms with van der Waals surface area (Å²) >= 11 is 0. The molecule has 1 saturated heterocycles. The Morgan fingerprint density at radius 3 is 2.07 bits per heavy atom. The lowest BCUT2D eigenvalue weighted by molar-refractivity contribution is -0.277. The van der Waals surface area contributed by atoms with E-state index in [9.17, 15) is 30.6 Å². The summed E-state index contributed by atoms with van der Waals surface area (Å²) in [5.74, 6) is 0.229. The first-order valence-electron chi connectivity index (χ1n) is 8.65. The summed E-state index contributed by atoms with van der Waals surface area (Å²) in [6.45, 7) is -0.564. The van der Waals surface area contributed by atoms with Gasteiger partial charge in [0.1, 0.15) is 41.7 Å². The molecule has 0 saturated carbocycles. The van der Waals surface area contributed by atoms with E-state index in [2.05, 4.69) is 0 Å². The molecular formula is C20H26O10. The fraction of sp³-hybridized carbons (Fsp3) is 0.300. The van der Waals surface area contributed by atoms with Gasteiger partial charge in [-0.3, -0.25) is 0 Å². The van der Waals surface area contributed by atoms with Gasteiger partial charge in [-0.25, -0.2) is 0 Å². The molecule has 3 rings (SSSR count). The van der Waals surface area contributed by atoms with E-state index in [-0.39, 0.29) is 28.2 Å². The Kier molecular flexibility index (Phi) is 9.21. The summed E-state index contributed by atoms with van der Waals surface area (Å²) < 4.78 is 10.8. The molecule has 1 aliphatic rings. The van der Waals surface area contributed by atoms with Gasteiger partial charge in [0.05, 0.1) is 6.61 Å². The number of phenols is 2. The SMILES string of the molecule is O.O.OC[C@H]1O[C@@H](Oc2cc(O)cc(/C=C/c3ccc(O)cc3)c2)[C@H](O)[C@@H](O)[C@@H]1O. The Hall–Kier alpha value is -2.70. The minimum atomic E-state index is -1.55. The summed E-state index contributed by atoms with van der Waals surface area (Å²) in [5.41, 5.74) is 1.42. The van der Waals surface area contributed by atoms with E-state index in [1.54, 1.807) is 42.5 Å². The minimum absolute atomic E-state index is 0. The lowest BCUT2D eigenvalue weighted by Gasteiger charge is -2.39. The van der Waals surface area contributed by atoms with Gasteiger partial charge in [0.25, 0.3) is 0 Å². The molecule has 2 aromatic rings. The van der Waals surface area contributed by atoms with Crippen LogP contribution in [0.5, 0.6) is 17.2 Å². The van der Waals surface area contributed by atoms with Crippen molar-refractivity contribution in [2.45, 2.75) is 30.7 Å². The third-order valence-electron chi connectivity index (χ3n) is 4.38. The normalized spacial score (nSPS) is 25.9. The number of aliphatic hydroxyl groups is 4. The van der Waals surface area contributed by atoms with Crippen molar-refractivity contribution in [3.8, 4) is 17.2 Å². The molecule has 10 N–H and O–H groups in total. The molecule has 0 bridgehead atoms. The van der Waals surface area contributed by atoms with E-state index in [1.807, 2.05) is 0 Å². The molecule has 166 valence electrons. The molecule has 2 aromatic carbocycles. The van der Waals surface area contributed by atoms with Crippen molar-refractivity contribution in [2.24, 2.45) is 0 Å². The number of hydrogen-bond acceptors (Lipinski definition) is 8. The van der Waals surface area contributed by atoms with Crippen molar-refractivity contribution < 1.29 is 51.1 Å². The quantitative estimate of drug-likeness (QED) is 0.320. The van der Waals surface area contributed by atoms with Crippen LogP contribution >= 0.6 is 0 Å². The Balaban J connectivity index is 0.00000225. The molecule has 1 aliphatic heterocycles. The Morgan fingerprint density at radius 2 is 1.43 bits per heavy atom. The summed E-state index contributed by atoms with van der Waals surface area (Å²) in [6.07, 6.45) is -3.52. The average Bonchev–Trinajstić information content (AvgIpc) is 2.67. The second-order valence-corrected chi connectivity index (χ2v) is 6.50. The monoisotopic (exact) mass is 426 g/mol. The Labute approximate surface area is 172 Å². The number of aromatic hydroxyl groups is 2. The molecule has 1 heterocycles. The molecule has 10 nitrogen and oxygen atoms in total. The molecule has 0 amide bonds. The van der Waals surface area contributed by atoms with Crippen LogP contribution in [0.1, 0.15) is 11.1 Å². The topological polar surface area (TPSA) is 203 Å². The highest BCUT2D eigenvalue weighted by atomic mass is 16.7. The molecule has 5 atom stereocenters. The van der Waals surface area contributed by atoms with Crippen LogP contribution in [0.3, 0.4) is 0 Å². The van der Waals surface area contributed by atoms with Gasteiger partial charge in [-0.2, -0.15) is 0 Å². The van der Waals surface area contributed by atoms with Gasteiger partial charge in [0.2, 0.25) is 6.29 Å². The molecular weight excluding hydrogens is 400 g/mol. The molecule has 0 aliphatic carbocycles. The third kappa shape index (κ3) is 5.90. The molecule has 0 unspecified atom stereocenters. The lowest BCUT2D eigenvalue weighted by atomic mass is 9.99. The summed E-state index contributed by atoms with van der Waals surface area (Å²) in [4.78, 5) is 0. The van der Waals surface area contributed by atoms with Gasteiger partial charge in [-0.15, -0.1) is 0 Å². The zero-order chi connectivity index (χ0) is 20.3. The van der Waals surface area contributed by atoms with Crippen molar-refractivity contribution in [2.75, 3.05) is 6.61 Å². The van der Waals surface area contributed by atoms with Gasteiger partial charge in [0.15, 0.2) is 0 Å². The molecule has 0 spiro atoms. The van der Waals surface area contributed by atoms with E-state index in [0.29, 0.717) is 5.56 Å². The number of ether oxygens (including phenoxy) is 2. The van der Waals surface area contributed by atoms with Gasteiger partial charge in [-0.1, -0.05) is 24.3 Å². The number of hydrogen-bond donors (Lipinski definition) is 6. The van der Waals surface area contributed by atoms with Crippen LogP contribution in [0.2, 0.25) is 0 Å². The van der Waals surface area contributed by atoms with Crippen molar-refractivity contribution in [1.82, 2.24) is 0 Å². The van der Waals surface area contributed by atoms with Crippen LogP contribution in [-0.4, -0.2) is 78.9 Å². The second-order valence-electron chi connectivity index (χ2n) is 6.50. The lowest BCUT2D eigenvalue weighted by Crippen LogP contribution is -2.60. The third-order valence-corrected chi connectivity index (χ3v) is 4.38. The largest absolute Gasteiger partial charge is 0.508 e. The highest BCUT2D eigenvalue weighted by Gasteiger charge is 2.44. The second kappa shape index (κ2) is 10.9. The highest BCUT2D eigenvalue weighted by molar-refractivity contribution is 5.71. The van der Waals surface area contributed by atoms with E-state index < -0.39 is 37.3 Å². The van der Waals surface area contributed by atoms with Crippen molar-refractivity contribution in [3.63, 3.8) is 0 Å². The maximum Gasteiger partial charge on any atom is 0.229 e. The first-order chi connectivity index (χ1) is 13.4. The first-order valence-corrected chi connectivity index (χ1v) is 8.65. The average molecular weight is 426 g/mol. The van der Waals surface area contributed by atoms with Gasteiger partial charge < -0.3 is 51.1 Å². The van der Waals surface area contributed by atoms with E-state index in [4.69, 9.17) is 9.47 Å².